The van der Waals surface area contributed by atoms with Crippen molar-refractivity contribution < 1.29 is 23.1 Å². The molecule has 1 atom stereocenters. The van der Waals surface area contributed by atoms with Gasteiger partial charge >= 0.3 is 5.97 Å². The van der Waals surface area contributed by atoms with Gasteiger partial charge < -0.3 is 9.84 Å². The molecule has 1 unspecified atom stereocenters. The van der Waals surface area contributed by atoms with Crippen LogP contribution in [0.15, 0.2) is 17.3 Å². The van der Waals surface area contributed by atoms with Crippen molar-refractivity contribution in [3.8, 4) is 0 Å². The smallest absolute Gasteiger partial charge is 0.339 e. The van der Waals surface area contributed by atoms with E-state index in [9.17, 15) is 18.3 Å². The minimum atomic E-state index is -3.34. The zero-order valence-corrected chi connectivity index (χ0v) is 10.6. The van der Waals surface area contributed by atoms with Crippen molar-refractivity contribution in [3.05, 3.63) is 12.4 Å². The Bertz CT molecular complexity index is 517. The van der Waals surface area contributed by atoms with Gasteiger partial charge in [0.1, 0.15) is 4.90 Å². The first-order valence-corrected chi connectivity index (χ1v) is 6.59. The minimum Gasteiger partial charge on any atom is -0.467 e. The van der Waals surface area contributed by atoms with Gasteiger partial charge in [-0.05, 0) is 6.92 Å². The highest BCUT2D eigenvalue weighted by Gasteiger charge is 2.32. The summed E-state index contributed by atoms with van der Waals surface area (Å²) in [6.07, 6.45) is 3.45. The fraction of sp³-hybridized carbons (Fsp3) is 0.556. The van der Waals surface area contributed by atoms with E-state index in [-0.39, 0.29) is 11.4 Å². The van der Waals surface area contributed by atoms with Crippen molar-refractivity contribution in [2.45, 2.75) is 24.0 Å². The molecule has 1 aromatic rings. The predicted octanol–water partition coefficient (Wildman–Crippen LogP) is -0.789. The second kappa shape index (κ2) is 4.46. The Labute approximate surface area is 98.9 Å². The summed E-state index contributed by atoms with van der Waals surface area (Å²) in [7, 11) is -2.19. The van der Waals surface area contributed by atoms with Gasteiger partial charge in [-0.1, -0.05) is 0 Å². The summed E-state index contributed by atoms with van der Waals surface area (Å²) in [6.45, 7) is 1.08. The van der Waals surface area contributed by atoms with Crippen LogP contribution in [0.1, 0.15) is 6.92 Å². The third kappa shape index (κ3) is 3.27. The molecule has 1 N–H and O–H groups in total. The van der Waals surface area contributed by atoms with E-state index in [1.165, 1.54) is 17.8 Å². The molecule has 0 radical (unpaired) electrons. The number of hydrogen-bond acceptors (Lipinski definition) is 6. The molecule has 1 aromatic heterocycles. The fourth-order valence-corrected chi connectivity index (χ4v) is 1.77. The van der Waals surface area contributed by atoms with E-state index in [1.807, 2.05) is 0 Å². The number of carbonyl (C=O) groups excluding carboxylic acids is 1. The summed E-state index contributed by atoms with van der Waals surface area (Å²) in [5.41, 5.74) is -1.75. The normalized spacial score (nSPS) is 15.3. The average Bonchev–Trinajstić information content (AvgIpc) is 2.63. The monoisotopic (exact) mass is 262 g/mol. The van der Waals surface area contributed by atoms with E-state index in [4.69, 9.17) is 0 Å². The lowest BCUT2D eigenvalue weighted by atomic mass is 10.1. The van der Waals surface area contributed by atoms with E-state index in [1.54, 1.807) is 0 Å². The van der Waals surface area contributed by atoms with Crippen LogP contribution in [0.25, 0.3) is 0 Å². The van der Waals surface area contributed by atoms with Crippen LogP contribution in [-0.2, 0) is 25.9 Å². The SMILES string of the molecule is COC(=O)C(C)(O)Cn1cc(S(C)(=O)=O)cn1. The van der Waals surface area contributed by atoms with Crippen LogP contribution in [0.3, 0.4) is 0 Å². The molecular weight excluding hydrogens is 248 g/mol. The van der Waals surface area contributed by atoms with Crippen LogP contribution >= 0.6 is 0 Å². The van der Waals surface area contributed by atoms with Crippen LogP contribution in [0.2, 0.25) is 0 Å². The van der Waals surface area contributed by atoms with Gasteiger partial charge in [0.25, 0.3) is 0 Å². The number of sulfone groups is 1. The molecule has 0 aliphatic heterocycles. The molecule has 0 saturated carbocycles. The van der Waals surface area contributed by atoms with Crippen LogP contribution in [0, 0.1) is 0 Å². The highest BCUT2D eigenvalue weighted by Crippen LogP contribution is 2.12. The largest absolute Gasteiger partial charge is 0.467 e. The predicted molar refractivity (Wildman–Crippen MR) is 58.0 cm³/mol. The number of aliphatic hydroxyl groups is 1. The lowest BCUT2D eigenvalue weighted by molar-refractivity contribution is -0.162. The number of rotatable bonds is 4. The molecule has 0 aromatic carbocycles. The number of carbonyl (C=O) groups is 1. The van der Waals surface area contributed by atoms with Gasteiger partial charge in [-0.2, -0.15) is 5.10 Å². The van der Waals surface area contributed by atoms with Crippen molar-refractivity contribution in [1.82, 2.24) is 9.78 Å². The van der Waals surface area contributed by atoms with Crippen molar-refractivity contribution in [1.29, 1.82) is 0 Å². The van der Waals surface area contributed by atoms with Gasteiger partial charge in [0.05, 0.1) is 19.9 Å². The zero-order chi connectivity index (χ0) is 13.3. The highest BCUT2D eigenvalue weighted by atomic mass is 32.2. The number of aromatic nitrogens is 2. The molecule has 1 rings (SSSR count). The maximum atomic E-state index is 11.2. The van der Waals surface area contributed by atoms with Crippen molar-refractivity contribution in [2.24, 2.45) is 0 Å². The molecule has 8 heteroatoms. The third-order valence-electron chi connectivity index (χ3n) is 2.13. The lowest BCUT2D eigenvalue weighted by Crippen LogP contribution is -2.40. The molecule has 7 nitrogen and oxygen atoms in total. The summed E-state index contributed by atoms with van der Waals surface area (Å²) in [5.74, 6) is -0.811. The van der Waals surface area contributed by atoms with Crippen LogP contribution in [0.5, 0.6) is 0 Å². The van der Waals surface area contributed by atoms with Crippen LogP contribution in [-0.4, -0.2) is 48.2 Å². The Morgan fingerprint density at radius 3 is 2.65 bits per heavy atom. The maximum absolute atomic E-state index is 11.2. The van der Waals surface area contributed by atoms with Gasteiger partial charge in [-0.25, -0.2) is 13.2 Å². The van der Waals surface area contributed by atoms with E-state index in [0.717, 1.165) is 19.6 Å². The van der Waals surface area contributed by atoms with Crippen molar-refractivity contribution in [3.63, 3.8) is 0 Å². The van der Waals surface area contributed by atoms with Crippen LogP contribution in [0.4, 0.5) is 0 Å². The standard InChI is InChI=1S/C9H14N2O5S/c1-9(13,8(12)16-2)6-11-5-7(4-10-11)17(3,14)15/h4-5,13H,6H2,1-3H3. The first-order valence-electron chi connectivity index (χ1n) is 4.70. The molecule has 0 fully saturated rings. The van der Waals surface area contributed by atoms with E-state index in [0.29, 0.717) is 0 Å². The Balaban J connectivity index is 2.91. The average molecular weight is 262 g/mol. The summed E-state index contributed by atoms with van der Waals surface area (Å²) >= 11 is 0. The fourth-order valence-electron chi connectivity index (χ4n) is 1.22. The Morgan fingerprint density at radius 1 is 1.65 bits per heavy atom. The van der Waals surface area contributed by atoms with Gasteiger partial charge in [-0.15, -0.1) is 0 Å². The van der Waals surface area contributed by atoms with Crippen molar-refractivity contribution in [2.75, 3.05) is 13.4 Å². The molecule has 0 amide bonds. The number of hydrogen-bond donors (Lipinski definition) is 1. The zero-order valence-electron chi connectivity index (χ0n) is 9.74. The summed E-state index contributed by atoms with van der Waals surface area (Å²) in [4.78, 5) is 11.2. The molecule has 0 spiro atoms. The Kier molecular flexibility index (Phi) is 3.58. The summed E-state index contributed by atoms with van der Waals surface area (Å²) in [5, 5.41) is 13.5. The molecule has 0 aliphatic carbocycles. The lowest BCUT2D eigenvalue weighted by Gasteiger charge is -2.19. The maximum Gasteiger partial charge on any atom is 0.339 e. The van der Waals surface area contributed by atoms with Crippen LogP contribution < -0.4 is 0 Å². The number of methoxy groups -OCH3 is 1. The molecular formula is C9H14N2O5S. The topological polar surface area (TPSA) is 98.5 Å². The van der Waals surface area contributed by atoms with E-state index >= 15 is 0 Å². The number of esters is 1. The second-order valence-corrected chi connectivity index (χ2v) is 5.93. The quantitative estimate of drug-likeness (QED) is 0.714. The summed E-state index contributed by atoms with van der Waals surface area (Å²) < 4.78 is 28.0. The Morgan fingerprint density at radius 2 is 2.24 bits per heavy atom. The van der Waals surface area contributed by atoms with Gasteiger partial charge in [0, 0.05) is 12.5 Å². The van der Waals surface area contributed by atoms with E-state index in [2.05, 4.69) is 9.84 Å². The van der Waals surface area contributed by atoms with Gasteiger partial charge in [0.15, 0.2) is 15.4 Å². The van der Waals surface area contributed by atoms with Crippen molar-refractivity contribution >= 4 is 15.8 Å². The molecule has 17 heavy (non-hydrogen) atoms. The minimum absolute atomic E-state index is 0.0261. The third-order valence-corrected chi connectivity index (χ3v) is 3.20. The molecule has 96 valence electrons. The second-order valence-electron chi connectivity index (χ2n) is 3.91. The highest BCUT2D eigenvalue weighted by molar-refractivity contribution is 7.90. The Hall–Kier alpha value is -1.41. The molecule has 0 saturated heterocycles. The molecule has 0 bridgehead atoms. The number of ether oxygens (including phenoxy) is 1. The number of nitrogens with zero attached hydrogens (tertiary/aromatic N) is 2. The molecule has 1 heterocycles. The summed E-state index contributed by atoms with van der Waals surface area (Å²) in [6, 6.07) is 0. The van der Waals surface area contributed by atoms with Gasteiger partial charge in [-0.3, -0.25) is 4.68 Å². The van der Waals surface area contributed by atoms with E-state index < -0.39 is 21.4 Å². The first-order chi connectivity index (χ1) is 7.66. The van der Waals surface area contributed by atoms with Gasteiger partial charge in [0.2, 0.25) is 0 Å². The molecule has 0 aliphatic rings. The first kappa shape index (κ1) is 13.7.